The van der Waals surface area contributed by atoms with Gasteiger partial charge in [0.15, 0.2) is 0 Å². The highest BCUT2D eigenvalue weighted by Gasteiger charge is 1.99. The Labute approximate surface area is 102 Å². The van der Waals surface area contributed by atoms with E-state index in [9.17, 15) is 4.79 Å². The van der Waals surface area contributed by atoms with Gasteiger partial charge in [-0.3, -0.25) is 4.79 Å². The van der Waals surface area contributed by atoms with Crippen LogP contribution in [0.2, 0.25) is 0 Å². The SMILES string of the molecule is CCCNC(=O)CCNc1ccc(OC)cc1. The topological polar surface area (TPSA) is 50.4 Å². The van der Waals surface area contributed by atoms with Crippen LogP contribution in [0.5, 0.6) is 5.75 Å². The molecule has 0 fully saturated rings. The zero-order chi connectivity index (χ0) is 12.5. The molecule has 0 saturated carbocycles. The van der Waals surface area contributed by atoms with E-state index in [0.717, 1.165) is 24.4 Å². The van der Waals surface area contributed by atoms with Crippen molar-refractivity contribution in [1.82, 2.24) is 5.32 Å². The molecule has 0 aliphatic carbocycles. The van der Waals surface area contributed by atoms with E-state index >= 15 is 0 Å². The summed E-state index contributed by atoms with van der Waals surface area (Å²) >= 11 is 0. The van der Waals surface area contributed by atoms with Gasteiger partial charge in [-0.1, -0.05) is 6.92 Å². The summed E-state index contributed by atoms with van der Waals surface area (Å²) in [4.78, 5) is 11.3. The molecular weight excluding hydrogens is 216 g/mol. The lowest BCUT2D eigenvalue weighted by Gasteiger charge is -2.07. The second-order valence-electron chi connectivity index (χ2n) is 3.76. The molecule has 0 aliphatic heterocycles. The number of hydrogen-bond donors (Lipinski definition) is 2. The molecule has 0 spiro atoms. The highest BCUT2D eigenvalue weighted by molar-refractivity contribution is 5.76. The molecule has 0 unspecified atom stereocenters. The van der Waals surface area contributed by atoms with Gasteiger partial charge in [-0.25, -0.2) is 0 Å². The maximum absolute atomic E-state index is 11.3. The standard InChI is InChI=1S/C13H20N2O2/c1-3-9-15-13(16)8-10-14-11-4-6-12(17-2)7-5-11/h4-7,14H,3,8-10H2,1-2H3,(H,15,16). The van der Waals surface area contributed by atoms with E-state index in [1.54, 1.807) is 7.11 Å². The van der Waals surface area contributed by atoms with Crippen LogP contribution < -0.4 is 15.4 Å². The fraction of sp³-hybridized carbons (Fsp3) is 0.462. The summed E-state index contributed by atoms with van der Waals surface area (Å²) in [5, 5.41) is 6.02. The number of carbonyl (C=O) groups is 1. The van der Waals surface area contributed by atoms with Crippen molar-refractivity contribution in [2.24, 2.45) is 0 Å². The van der Waals surface area contributed by atoms with Gasteiger partial charge in [-0.15, -0.1) is 0 Å². The predicted molar refractivity (Wildman–Crippen MR) is 69.4 cm³/mol. The lowest BCUT2D eigenvalue weighted by Crippen LogP contribution is -2.25. The maximum atomic E-state index is 11.3. The zero-order valence-corrected chi connectivity index (χ0v) is 10.5. The first-order chi connectivity index (χ1) is 8.26. The van der Waals surface area contributed by atoms with E-state index in [0.29, 0.717) is 13.0 Å². The van der Waals surface area contributed by atoms with Gasteiger partial charge in [0.25, 0.3) is 0 Å². The van der Waals surface area contributed by atoms with Crippen molar-refractivity contribution in [2.45, 2.75) is 19.8 Å². The average Bonchev–Trinajstić information content (AvgIpc) is 2.37. The molecule has 0 bridgehead atoms. The van der Waals surface area contributed by atoms with Crippen LogP contribution >= 0.6 is 0 Å². The first kappa shape index (κ1) is 13.4. The molecule has 4 heteroatoms. The Balaban J connectivity index is 2.23. The van der Waals surface area contributed by atoms with Crippen molar-refractivity contribution in [3.8, 4) is 5.75 Å². The first-order valence-corrected chi connectivity index (χ1v) is 5.91. The third-order valence-corrected chi connectivity index (χ3v) is 2.34. The molecule has 0 atom stereocenters. The number of amides is 1. The minimum absolute atomic E-state index is 0.0906. The molecule has 94 valence electrons. The van der Waals surface area contributed by atoms with Crippen molar-refractivity contribution in [1.29, 1.82) is 0 Å². The molecular formula is C13H20N2O2. The van der Waals surface area contributed by atoms with E-state index in [1.165, 1.54) is 0 Å². The second kappa shape index (κ2) is 7.54. The zero-order valence-electron chi connectivity index (χ0n) is 10.5. The van der Waals surface area contributed by atoms with Crippen LogP contribution in [0.15, 0.2) is 24.3 Å². The van der Waals surface area contributed by atoms with Crippen molar-refractivity contribution < 1.29 is 9.53 Å². The van der Waals surface area contributed by atoms with Crippen LogP contribution in [0.25, 0.3) is 0 Å². The monoisotopic (exact) mass is 236 g/mol. The Morgan fingerprint density at radius 2 is 1.94 bits per heavy atom. The Morgan fingerprint density at radius 3 is 2.53 bits per heavy atom. The quantitative estimate of drug-likeness (QED) is 0.761. The van der Waals surface area contributed by atoms with Crippen LogP contribution in [0, 0.1) is 0 Å². The molecule has 0 radical (unpaired) electrons. The van der Waals surface area contributed by atoms with Crippen molar-refractivity contribution in [2.75, 3.05) is 25.5 Å². The van der Waals surface area contributed by atoms with Crippen molar-refractivity contribution in [3.05, 3.63) is 24.3 Å². The molecule has 0 aliphatic rings. The third-order valence-electron chi connectivity index (χ3n) is 2.34. The van der Waals surface area contributed by atoms with Crippen molar-refractivity contribution >= 4 is 11.6 Å². The lowest BCUT2D eigenvalue weighted by atomic mass is 10.3. The minimum Gasteiger partial charge on any atom is -0.497 e. The largest absolute Gasteiger partial charge is 0.497 e. The van der Waals surface area contributed by atoms with Crippen molar-refractivity contribution in [3.63, 3.8) is 0 Å². The molecule has 0 aromatic heterocycles. The van der Waals surface area contributed by atoms with Crippen LogP contribution in [0.1, 0.15) is 19.8 Å². The number of anilines is 1. The van der Waals surface area contributed by atoms with E-state index in [4.69, 9.17) is 4.74 Å². The smallest absolute Gasteiger partial charge is 0.221 e. The molecule has 0 heterocycles. The Morgan fingerprint density at radius 1 is 1.24 bits per heavy atom. The normalized spacial score (nSPS) is 9.76. The third kappa shape index (κ3) is 5.24. The summed E-state index contributed by atoms with van der Waals surface area (Å²) in [7, 11) is 1.64. The molecule has 0 saturated heterocycles. The number of ether oxygens (including phenoxy) is 1. The summed E-state index contributed by atoms with van der Waals surface area (Å²) in [6.45, 7) is 3.43. The van der Waals surface area contributed by atoms with Crippen LogP contribution in [-0.2, 0) is 4.79 Å². The molecule has 1 rings (SSSR count). The van der Waals surface area contributed by atoms with E-state index < -0.39 is 0 Å². The summed E-state index contributed by atoms with van der Waals surface area (Å²) in [6, 6.07) is 7.64. The van der Waals surface area contributed by atoms with E-state index in [2.05, 4.69) is 10.6 Å². The number of benzene rings is 1. The van der Waals surface area contributed by atoms with Gasteiger partial charge in [0, 0.05) is 25.2 Å². The highest BCUT2D eigenvalue weighted by atomic mass is 16.5. The molecule has 1 aromatic carbocycles. The van der Waals surface area contributed by atoms with Gasteiger partial charge in [-0.05, 0) is 30.7 Å². The second-order valence-corrected chi connectivity index (χ2v) is 3.76. The Hall–Kier alpha value is -1.71. The van der Waals surface area contributed by atoms with Gasteiger partial charge < -0.3 is 15.4 Å². The lowest BCUT2D eigenvalue weighted by molar-refractivity contribution is -0.120. The number of methoxy groups -OCH3 is 1. The van der Waals surface area contributed by atoms with E-state index in [1.807, 2.05) is 31.2 Å². The minimum atomic E-state index is 0.0906. The predicted octanol–water partition coefficient (Wildman–Crippen LogP) is 2.02. The summed E-state index contributed by atoms with van der Waals surface area (Å²) in [6.07, 6.45) is 1.46. The fourth-order valence-corrected chi connectivity index (χ4v) is 1.38. The van der Waals surface area contributed by atoms with Crippen LogP contribution in [0.3, 0.4) is 0 Å². The summed E-state index contributed by atoms with van der Waals surface area (Å²) < 4.78 is 5.06. The summed E-state index contributed by atoms with van der Waals surface area (Å²) in [5.74, 6) is 0.920. The van der Waals surface area contributed by atoms with Gasteiger partial charge in [0.2, 0.25) is 5.91 Å². The Bertz CT molecular complexity index is 336. The van der Waals surface area contributed by atoms with Gasteiger partial charge in [0.1, 0.15) is 5.75 Å². The molecule has 1 amide bonds. The van der Waals surface area contributed by atoms with Gasteiger partial charge in [0.05, 0.1) is 7.11 Å². The fourth-order valence-electron chi connectivity index (χ4n) is 1.38. The number of carbonyl (C=O) groups excluding carboxylic acids is 1. The Kier molecular flexibility index (Phi) is 5.93. The van der Waals surface area contributed by atoms with Crippen LogP contribution in [0.4, 0.5) is 5.69 Å². The average molecular weight is 236 g/mol. The molecule has 1 aromatic rings. The molecule has 4 nitrogen and oxygen atoms in total. The van der Waals surface area contributed by atoms with Gasteiger partial charge in [-0.2, -0.15) is 0 Å². The first-order valence-electron chi connectivity index (χ1n) is 5.91. The number of hydrogen-bond acceptors (Lipinski definition) is 3. The van der Waals surface area contributed by atoms with E-state index in [-0.39, 0.29) is 5.91 Å². The molecule has 2 N–H and O–H groups in total. The van der Waals surface area contributed by atoms with Crippen LogP contribution in [-0.4, -0.2) is 26.1 Å². The van der Waals surface area contributed by atoms with Gasteiger partial charge >= 0.3 is 0 Å². The number of rotatable bonds is 7. The molecule has 17 heavy (non-hydrogen) atoms. The maximum Gasteiger partial charge on any atom is 0.221 e. The summed E-state index contributed by atoms with van der Waals surface area (Å²) in [5.41, 5.74) is 0.995. The highest BCUT2D eigenvalue weighted by Crippen LogP contribution is 2.14. The number of nitrogens with one attached hydrogen (secondary N) is 2.